The standard InChI is InChI=1S/C16H20BrN3/c1-11-8-6-7-9-12(11)20(5)14-10-13(17)18-15(19-14)16(2,3)4/h6-10H,1-5H3. The van der Waals surface area contributed by atoms with E-state index in [0.29, 0.717) is 0 Å². The van der Waals surface area contributed by atoms with E-state index in [0.717, 1.165) is 21.9 Å². The first-order valence-corrected chi connectivity index (χ1v) is 7.43. The van der Waals surface area contributed by atoms with E-state index in [-0.39, 0.29) is 5.41 Å². The van der Waals surface area contributed by atoms with E-state index in [4.69, 9.17) is 4.98 Å². The zero-order chi connectivity index (χ0) is 14.9. The van der Waals surface area contributed by atoms with E-state index in [1.54, 1.807) is 0 Å². The third-order valence-corrected chi connectivity index (χ3v) is 3.58. The Bertz CT molecular complexity index is 617. The van der Waals surface area contributed by atoms with E-state index < -0.39 is 0 Å². The Morgan fingerprint density at radius 3 is 2.35 bits per heavy atom. The van der Waals surface area contributed by atoms with Crippen molar-refractivity contribution in [1.29, 1.82) is 0 Å². The minimum absolute atomic E-state index is 0.0783. The van der Waals surface area contributed by atoms with Crippen molar-refractivity contribution in [3.8, 4) is 0 Å². The summed E-state index contributed by atoms with van der Waals surface area (Å²) in [4.78, 5) is 11.3. The van der Waals surface area contributed by atoms with E-state index in [2.05, 4.69) is 65.6 Å². The van der Waals surface area contributed by atoms with Crippen LogP contribution in [-0.4, -0.2) is 17.0 Å². The molecule has 3 nitrogen and oxygen atoms in total. The van der Waals surface area contributed by atoms with Crippen LogP contribution in [0.5, 0.6) is 0 Å². The Morgan fingerprint density at radius 1 is 1.10 bits per heavy atom. The molecule has 0 radical (unpaired) electrons. The molecule has 106 valence electrons. The second-order valence-electron chi connectivity index (χ2n) is 5.97. The van der Waals surface area contributed by atoms with Crippen LogP contribution in [0.3, 0.4) is 0 Å². The lowest BCUT2D eigenvalue weighted by Gasteiger charge is -2.23. The summed E-state index contributed by atoms with van der Waals surface area (Å²) in [6.07, 6.45) is 0. The predicted molar refractivity (Wildman–Crippen MR) is 87.7 cm³/mol. The van der Waals surface area contributed by atoms with Gasteiger partial charge in [0.05, 0.1) is 0 Å². The van der Waals surface area contributed by atoms with Gasteiger partial charge >= 0.3 is 0 Å². The topological polar surface area (TPSA) is 29.0 Å². The van der Waals surface area contributed by atoms with Gasteiger partial charge in [-0.25, -0.2) is 9.97 Å². The number of para-hydroxylation sites is 1. The van der Waals surface area contributed by atoms with Crippen LogP contribution in [0.4, 0.5) is 11.5 Å². The van der Waals surface area contributed by atoms with Crippen LogP contribution in [0.1, 0.15) is 32.2 Å². The summed E-state index contributed by atoms with van der Waals surface area (Å²) in [5.74, 6) is 1.73. The molecule has 2 rings (SSSR count). The van der Waals surface area contributed by atoms with Crippen molar-refractivity contribution in [2.45, 2.75) is 33.1 Å². The molecule has 0 spiro atoms. The summed E-state index contributed by atoms with van der Waals surface area (Å²) in [5, 5.41) is 0. The van der Waals surface area contributed by atoms with Crippen molar-refractivity contribution >= 4 is 27.4 Å². The fourth-order valence-electron chi connectivity index (χ4n) is 1.98. The molecule has 0 aliphatic carbocycles. The van der Waals surface area contributed by atoms with Crippen molar-refractivity contribution in [3.05, 3.63) is 46.3 Å². The first-order valence-electron chi connectivity index (χ1n) is 6.63. The van der Waals surface area contributed by atoms with Gasteiger partial charge in [-0.3, -0.25) is 0 Å². The predicted octanol–water partition coefficient (Wildman–Crippen LogP) is 4.61. The van der Waals surface area contributed by atoms with Gasteiger partial charge < -0.3 is 4.90 Å². The number of benzene rings is 1. The molecule has 1 aromatic carbocycles. The highest BCUT2D eigenvalue weighted by Gasteiger charge is 2.20. The molecule has 1 heterocycles. The molecule has 0 saturated carbocycles. The Hall–Kier alpha value is -1.42. The highest BCUT2D eigenvalue weighted by atomic mass is 79.9. The number of aromatic nitrogens is 2. The van der Waals surface area contributed by atoms with Crippen LogP contribution < -0.4 is 4.90 Å². The van der Waals surface area contributed by atoms with E-state index in [9.17, 15) is 0 Å². The van der Waals surface area contributed by atoms with Crippen LogP contribution in [0.25, 0.3) is 0 Å². The maximum atomic E-state index is 4.71. The van der Waals surface area contributed by atoms with Gasteiger partial charge in [-0.2, -0.15) is 0 Å². The van der Waals surface area contributed by atoms with Gasteiger partial charge in [-0.1, -0.05) is 39.0 Å². The van der Waals surface area contributed by atoms with Crippen LogP contribution in [0.15, 0.2) is 34.9 Å². The van der Waals surface area contributed by atoms with Crippen molar-refractivity contribution < 1.29 is 0 Å². The maximum absolute atomic E-state index is 4.71. The number of halogens is 1. The normalized spacial score (nSPS) is 11.5. The SMILES string of the molecule is Cc1ccccc1N(C)c1cc(Br)nc(C(C)(C)C)n1. The average Bonchev–Trinajstić information content (AvgIpc) is 2.37. The van der Waals surface area contributed by atoms with Crippen molar-refractivity contribution in [1.82, 2.24) is 9.97 Å². The van der Waals surface area contributed by atoms with E-state index in [1.165, 1.54) is 5.56 Å². The summed E-state index contributed by atoms with van der Waals surface area (Å²) in [7, 11) is 2.03. The Labute approximate surface area is 129 Å². The third kappa shape index (κ3) is 3.18. The number of nitrogens with zero attached hydrogens (tertiary/aromatic N) is 3. The van der Waals surface area contributed by atoms with Gasteiger partial charge in [0.1, 0.15) is 16.2 Å². The summed E-state index contributed by atoms with van der Waals surface area (Å²) in [6, 6.07) is 10.2. The van der Waals surface area contributed by atoms with Gasteiger partial charge in [0.2, 0.25) is 0 Å². The summed E-state index contributed by atoms with van der Waals surface area (Å²) in [6.45, 7) is 8.46. The lowest BCUT2D eigenvalue weighted by molar-refractivity contribution is 0.543. The van der Waals surface area contributed by atoms with Gasteiger partial charge in [-0.15, -0.1) is 0 Å². The summed E-state index contributed by atoms with van der Waals surface area (Å²) >= 11 is 3.49. The molecule has 1 aromatic heterocycles. The van der Waals surface area contributed by atoms with Gasteiger partial charge in [0, 0.05) is 24.2 Å². The molecule has 0 aliphatic heterocycles. The minimum Gasteiger partial charge on any atom is -0.329 e. The van der Waals surface area contributed by atoms with Gasteiger partial charge in [0.25, 0.3) is 0 Å². The molecule has 2 aromatic rings. The molecule has 0 atom stereocenters. The summed E-state index contributed by atoms with van der Waals surface area (Å²) < 4.78 is 0.813. The number of hydrogen-bond donors (Lipinski definition) is 0. The number of rotatable bonds is 2. The quantitative estimate of drug-likeness (QED) is 0.751. The third-order valence-electron chi connectivity index (χ3n) is 3.17. The second-order valence-corrected chi connectivity index (χ2v) is 6.78. The lowest BCUT2D eigenvalue weighted by Crippen LogP contribution is -2.20. The van der Waals surface area contributed by atoms with Gasteiger partial charge in [0.15, 0.2) is 0 Å². The summed E-state index contributed by atoms with van der Waals surface area (Å²) in [5.41, 5.74) is 2.30. The molecule has 0 aliphatic rings. The first kappa shape index (κ1) is 15.0. The molecule has 0 fully saturated rings. The second kappa shape index (κ2) is 5.52. The highest BCUT2D eigenvalue weighted by molar-refractivity contribution is 9.10. The minimum atomic E-state index is -0.0783. The molecular weight excluding hydrogens is 314 g/mol. The molecule has 4 heteroatoms. The molecule has 0 N–H and O–H groups in total. The Morgan fingerprint density at radius 2 is 1.75 bits per heavy atom. The van der Waals surface area contributed by atoms with E-state index >= 15 is 0 Å². The smallest absolute Gasteiger partial charge is 0.137 e. The number of aryl methyl sites for hydroxylation is 1. The molecule has 0 saturated heterocycles. The molecule has 0 bridgehead atoms. The van der Waals surface area contributed by atoms with Crippen LogP contribution in [0.2, 0.25) is 0 Å². The fraction of sp³-hybridized carbons (Fsp3) is 0.375. The van der Waals surface area contributed by atoms with Crippen LogP contribution >= 0.6 is 15.9 Å². The Kier molecular flexibility index (Phi) is 4.14. The molecule has 0 amide bonds. The number of anilines is 2. The molecular formula is C16H20BrN3. The zero-order valence-electron chi connectivity index (χ0n) is 12.6. The largest absolute Gasteiger partial charge is 0.329 e. The van der Waals surface area contributed by atoms with Crippen LogP contribution in [-0.2, 0) is 5.41 Å². The molecule has 20 heavy (non-hydrogen) atoms. The highest BCUT2D eigenvalue weighted by Crippen LogP contribution is 2.29. The van der Waals surface area contributed by atoms with Crippen molar-refractivity contribution in [2.75, 3.05) is 11.9 Å². The van der Waals surface area contributed by atoms with Crippen LogP contribution in [0, 0.1) is 6.92 Å². The van der Waals surface area contributed by atoms with Crippen molar-refractivity contribution in [3.63, 3.8) is 0 Å². The number of hydrogen-bond acceptors (Lipinski definition) is 3. The van der Waals surface area contributed by atoms with Gasteiger partial charge in [-0.05, 0) is 34.5 Å². The van der Waals surface area contributed by atoms with E-state index in [1.807, 2.05) is 25.2 Å². The maximum Gasteiger partial charge on any atom is 0.137 e. The Balaban J connectivity index is 2.48. The monoisotopic (exact) mass is 333 g/mol. The zero-order valence-corrected chi connectivity index (χ0v) is 14.2. The lowest BCUT2D eigenvalue weighted by atomic mass is 9.96. The van der Waals surface area contributed by atoms with Crippen molar-refractivity contribution in [2.24, 2.45) is 0 Å². The fourth-order valence-corrected chi connectivity index (χ4v) is 2.35. The average molecular weight is 334 g/mol. The first-order chi connectivity index (χ1) is 9.29. The molecule has 0 unspecified atom stereocenters.